The average molecular weight is 444 g/mol. The number of aromatic nitrogens is 5. The van der Waals surface area contributed by atoms with Crippen LogP contribution in [0.4, 0.5) is 13.2 Å². The van der Waals surface area contributed by atoms with Crippen LogP contribution in [-0.4, -0.2) is 37.5 Å². The van der Waals surface area contributed by atoms with Crippen molar-refractivity contribution in [3.63, 3.8) is 0 Å². The molecule has 0 N–H and O–H groups in total. The second-order valence-electron chi connectivity index (χ2n) is 6.93. The molecule has 0 saturated heterocycles. The minimum absolute atomic E-state index is 0.0337. The molecule has 0 radical (unpaired) electrons. The maximum Gasteiger partial charge on any atom is 0.433 e. The Bertz CT molecular complexity index is 1170. The number of rotatable bonds is 7. The summed E-state index contributed by atoms with van der Waals surface area (Å²) in [6.45, 7) is 3.82. The first-order valence-electron chi connectivity index (χ1n) is 9.74. The van der Waals surface area contributed by atoms with Gasteiger partial charge in [0.25, 0.3) is 0 Å². The van der Waals surface area contributed by atoms with Crippen LogP contribution in [0.2, 0.25) is 0 Å². The highest BCUT2D eigenvalue weighted by molar-refractivity contribution is 5.71. The molecular formula is C21H19F3N6O2. The maximum absolute atomic E-state index is 13.0. The smallest absolute Gasteiger partial charge is 0.433 e. The van der Waals surface area contributed by atoms with E-state index < -0.39 is 11.9 Å². The van der Waals surface area contributed by atoms with E-state index in [1.54, 1.807) is 25.1 Å². The molecule has 0 aliphatic carbocycles. The van der Waals surface area contributed by atoms with Gasteiger partial charge in [-0.2, -0.15) is 28.3 Å². The highest BCUT2D eigenvalue weighted by Crippen LogP contribution is 2.30. The van der Waals surface area contributed by atoms with Crippen LogP contribution in [0.1, 0.15) is 36.7 Å². The Labute approximate surface area is 181 Å². The number of nitriles is 1. The van der Waals surface area contributed by atoms with Gasteiger partial charge >= 0.3 is 12.1 Å². The molecule has 0 fully saturated rings. The number of benzene rings is 1. The van der Waals surface area contributed by atoms with Crippen LogP contribution >= 0.6 is 0 Å². The number of ether oxygens (including phenoxy) is 1. The molecule has 0 amide bonds. The van der Waals surface area contributed by atoms with Crippen molar-refractivity contribution in [1.82, 2.24) is 25.0 Å². The van der Waals surface area contributed by atoms with Crippen LogP contribution in [0.5, 0.6) is 0 Å². The monoisotopic (exact) mass is 444 g/mol. The predicted molar refractivity (Wildman–Crippen MR) is 107 cm³/mol. The molecule has 0 bridgehead atoms. The minimum Gasteiger partial charge on any atom is -0.464 e. The van der Waals surface area contributed by atoms with Gasteiger partial charge in [-0.25, -0.2) is 9.97 Å². The topological polar surface area (TPSA) is 107 Å². The number of hydrogen-bond acceptors (Lipinski definition) is 7. The lowest BCUT2D eigenvalue weighted by atomic mass is 10.0. The van der Waals surface area contributed by atoms with Crippen molar-refractivity contribution in [3.8, 4) is 28.7 Å². The molecule has 0 atom stereocenters. The molecule has 0 saturated carbocycles. The van der Waals surface area contributed by atoms with Crippen molar-refractivity contribution in [3.05, 3.63) is 47.4 Å². The van der Waals surface area contributed by atoms with Gasteiger partial charge in [0.15, 0.2) is 11.5 Å². The van der Waals surface area contributed by atoms with Gasteiger partial charge in [0.05, 0.1) is 6.54 Å². The van der Waals surface area contributed by atoms with E-state index in [1.807, 2.05) is 13.0 Å². The Morgan fingerprint density at radius 1 is 1.22 bits per heavy atom. The zero-order valence-corrected chi connectivity index (χ0v) is 17.3. The number of hydrogen-bond donors (Lipinski definition) is 0. The third-order valence-electron chi connectivity index (χ3n) is 4.32. The Hall–Kier alpha value is -3.81. The van der Waals surface area contributed by atoms with E-state index in [-0.39, 0.29) is 36.3 Å². The number of esters is 1. The Kier molecular flexibility index (Phi) is 6.82. The summed E-state index contributed by atoms with van der Waals surface area (Å²) >= 11 is 0. The summed E-state index contributed by atoms with van der Waals surface area (Å²) < 4.78 is 44.2. The predicted octanol–water partition coefficient (Wildman–Crippen LogP) is 3.94. The maximum atomic E-state index is 13.0. The number of carbonyl (C=O) groups excluding carboxylic acids is 1. The summed E-state index contributed by atoms with van der Waals surface area (Å²) in [5.74, 6) is -0.427. The molecule has 0 unspecified atom stereocenters. The van der Waals surface area contributed by atoms with Gasteiger partial charge in [-0.15, -0.1) is 5.10 Å². The normalized spacial score (nSPS) is 11.2. The largest absolute Gasteiger partial charge is 0.464 e. The summed E-state index contributed by atoms with van der Waals surface area (Å²) in [5, 5.41) is 17.9. The van der Waals surface area contributed by atoms with Crippen molar-refractivity contribution in [2.75, 3.05) is 6.61 Å². The molecule has 1 aromatic carbocycles. The fraction of sp³-hybridized carbons (Fsp3) is 0.333. The second kappa shape index (κ2) is 9.55. The molecule has 3 rings (SSSR count). The van der Waals surface area contributed by atoms with Crippen LogP contribution < -0.4 is 0 Å². The lowest BCUT2D eigenvalue weighted by Gasteiger charge is -2.09. The number of aryl methyl sites for hydroxylation is 1. The van der Waals surface area contributed by atoms with Crippen LogP contribution in [0, 0.1) is 18.3 Å². The summed E-state index contributed by atoms with van der Waals surface area (Å²) in [6, 6.07) is 7.68. The Balaban J connectivity index is 1.91. The van der Waals surface area contributed by atoms with Gasteiger partial charge in [-0.1, -0.05) is 6.92 Å². The summed E-state index contributed by atoms with van der Waals surface area (Å²) in [4.78, 5) is 20.3. The lowest BCUT2D eigenvalue weighted by Crippen LogP contribution is -2.13. The second-order valence-corrected chi connectivity index (χ2v) is 6.93. The first-order valence-corrected chi connectivity index (χ1v) is 9.74. The van der Waals surface area contributed by atoms with Gasteiger partial charge in [0.1, 0.15) is 24.1 Å². The molecule has 3 aromatic rings. The highest BCUT2D eigenvalue weighted by atomic mass is 19.4. The lowest BCUT2D eigenvalue weighted by molar-refractivity contribution is -0.144. The Morgan fingerprint density at radius 3 is 2.66 bits per heavy atom. The molecule has 2 heterocycles. The molecule has 0 aliphatic heterocycles. The van der Waals surface area contributed by atoms with Crippen LogP contribution in [0.3, 0.4) is 0 Å². The Morgan fingerprint density at radius 2 is 1.97 bits per heavy atom. The van der Waals surface area contributed by atoms with E-state index in [4.69, 9.17) is 4.74 Å². The van der Waals surface area contributed by atoms with Crippen molar-refractivity contribution in [1.29, 1.82) is 5.26 Å². The SMILES string of the molecule is CCCC(=O)OCCn1nc(C#N)c(-c2cc(C)cc(-c3nccc(C(F)(F)F)n3)c2)n1. The third kappa shape index (κ3) is 5.46. The first-order chi connectivity index (χ1) is 15.2. The molecule has 166 valence electrons. The van der Waals surface area contributed by atoms with Gasteiger partial charge in [0, 0.05) is 23.7 Å². The van der Waals surface area contributed by atoms with Gasteiger partial charge in [0.2, 0.25) is 0 Å². The molecule has 0 spiro atoms. The first kappa shape index (κ1) is 22.9. The minimum atomic E-state index is -4.60. The molecule has 8 nitrogen and oxygen atoms in total. The van der Waals surface area contributed by atoms with Crippen molar-refractivity contribution < 1.29 is 22.7 Å². The van der Waals surface area contributed by atoms with E-state index in [0.29, 0.717) is 29.5 Å². The standard InChI is InChI=1S/C21H19F3N6O2/c1-3-4-18(31)32-8-7-30-28-16(12-25)19(29-30)14-9-13(2)10-15(11-14)20-26-6-5-17(27-20)21(22,23)24/h5-6,9-11H,3-4,7-8H2,1-2H3. The van der Waals surface area contributed by atoms with Crippen LogP contribution in [0.25, 0.3) is 22.6 Å². The van der Waals surface area contributed by atoms with Gasteiger partial charge < -0.3 is 4.74 Å². The van der Waals surface area contributed by atoms with Crippen molar-refractivity contribution >= 4 is 5.97 Å². The molecule has 11 heteroatoms. The van der Waals surface area contributed by atoms with Crippen LogP contribution in [-0.2, 0) is 22.3 Å². The highest BCUT2D eigenvalue weighted by Gasteiger charge is 2.32. The third-order valence-corrected chi connectivity index (χ3v) is 4.32. The number of nitrogens with zero attached hydrogens (tertiary/aromatic N) is 6. The molecule has 2 aromatic heterocycles. The number of carbonyl (C=O) groups is 1. The quantitative estimate of drug-likeness (QED) is 0.508. The summed E-state index contributed by atoms with van der Waals surface area (Å²) in [5.41, 5.74) is 0.776. The van der Waals surface area contributed by atoms with Gasteiger partial charge in [-0.05, 0) is 43.2 Å². The van der Waals surface area contributed by atoms with Crippen molar-refractivity contribution in [2.45, 2.75) is 39.4 Å². The van der Waals surface area contributed by atoms with Crippen LogP contribution in [0.15, 0.2) is 30.5 Å². The van der Waals surface area contributed by atoms with E-state index in [0.717, 1.165) is 12.3 Å². The zero-order valence-electron chi connectivity index (χ0n) is 17.3. The van der Waals surface area contributed by atoms with E-state index >= 15 is 0 Å². The number of halogens is 3. The summed E-state index contributed by atoms with van der Waals surface area (Å²) in [6.07, 6.45) is -2.57. The molecule has 0 aliphatic rings. The fourth-order valence-electron chi connectivity index (χ4n) is 2.94. The summed E-state index contributed by atoms with van der Waals surface area (Å²) in [7, 11) is 0. The molecular weight excluding hydrogens is 425 g/mol. The van der Waals surface area contributed by atoms with E-state index in [9.17, 15) is 23.2 Å². The number of alkyl halides is 3. The van der Waals surface area contributed by atoms with E-state index in [2.05, 4.69) is 20.2 Å². The van der Waals surface area contributed by atoms with E-state index in [1.165, 1.54) is 4.80 Å². The average Bonchev–Trinajstić information content (AvgIpc) is 3.16. The zero-order chi connectivity index (χ0) is 23.3. The van der Waals surface area contributed by atoms with Gasteiger partial charge in [-0.3, -0.25) is 4.79 Å². The van der Waals surface area contributed by atoms with Crippen molar-refractivity contribution in [2.24, 2.45) is 0 Å². The fourth-order valence-corrected chi connectivity index (χ4v) is 2.94. The molecule has 32 heavy (non-hydrogen) atoms.